The van der Waals surface area contributed by atoms with Crippen LogP contribution >= 0.6 is 11.8 Å². The number of nitrogens with one attached hydrogen (secondary N) is 2. The van der Waals surface area contributed by atoms with E-state index >= 15 is 0 Å². The minimum absolute atomic E-state index is 0.197. The molecule has 0 atom stereocenters. The van der Waals surface area contributed by atoms with Crippen molar-refractivity contribution >= 4 is 28.7 Å². The Bertz CT molecular complexity index is 899. The van der Waals surface area contributed by atoms with Gasteiger partial charge in [0.25, 0.3) is 11.5 Å². The summed E-state index contributed by atoms with van der Waals surface area (Å²) in [6, 6.07) is 9.70. The van der Waals surface area contributed by atoms with Crippen LogP contribution in [0.15, 0.2) is 40.2 Å². The van der Waals surface area contributed by atoms with Gasteiger partial charge in [0.2, 0.25) is 0 Å². The van der Waals surface area contributed by atoms with E-state index in [0.717, 1.165) is 5.56 Å². The second-order valence-electron chi connectivity index (χ2n) is 4.80. The normalized spacial score (nSPS) is 11.0. The molecule has 6 nitrogen and oxygen atoms in total. The molecular formula is C15H14N4O2S. The number of carbonyl (C=O) groups is 1. The molecule has 3 aromatic rings. The van der Waals surface area contributed by atoms with Crippen LogP contribution in [0, 0.1) is 0 Å². The van der Waals surface area contributed by atoms with Gasteiger partial charge in [-0.3, -0.25) is 9.59 Å². The number of H-pyrrole nitrogens is 2. The third-order valence-electron chi connectivity index (χ3n) is 3.34. The number of aromatic nitrogens is 3. The third kappa shape index (κ3) is 2.50. The SMILES string of the molecule is CSc1[nH]c2nc(Cc3ccccc3)[nH]c(=O)c2c1C(N)=O. The molecule has 0 fully saturated rings. The van der Waals surface area contributed by atoms with Crippen molar-refractivity contribution in [1.82, 2.24) is 15.0 Å². The first kappa shape index (κ1) is 14.4. The average Bonchev–Trinajstić information content (AvgIpc) is 2.87. The van der Waals surface area contributed by atoms with E-state index < -0.39 is 5.91 Å². The molecule has 1 amide bonds. The Morgan fingerprint density at radius 2 is 2.00 bits per heavy atom. The lowest BCUT2D eigenvalue weighted by Crippen LogP contribution is -2.17. The van der Waals surface area contributed by atoms with Gasteiger partial charge in [-0.25, -0.2) is 4.98 Å². The molecule has 112 valence electrons. The van der Waals surface area contributed by atoms with E-state index in [1.165, 1.54) is 11.8 Å². The summed E-state index contributed by atoms with van der Waals surface area (Å²) in [6.07, 6.45) is 2.31. The number of thioether (sulfide) groups is 1. The minimum Gasteiger partial charge on any atom is -0.365 e. The first-order chi connectivity index (χ1) is 10.6. The second kappa shape index (κ2) is 5.69. The Morgan fingerprint density at radius 1 is 1.27 bits per heavy atom. The van der Waals surface area contributed by atoms with Crippen molar-refractivity contribution in [3.05, 3.63) is 57.6 Å². The molecule has 0 aliphatic carbocycles. The van der Waals surface area contributed by atoms with Crippen molar-refractivity contribution in [2.24, 2.45) is 5.73 Å². The summed E-state index contributed by atoms with van der Waals surface area (Å²) < 4.78 is 0. The summed E-state index contributed by atoms with van der Waals surface area (Å²) >= 11 is 1.32. The maximum Gasteiger partial charge on any atom is 0.261 e. The number of hydrogen-bond acceptors (Lipinski definition) is 4. The Kier molecular flexibility index (Phi) is 3.72. The predicted molar refractivity (Wildman–Crippen MR) is 86.3 cm³/mol. The maximum atomic E-state index is 12.3. The lowest BCUT2D eigenvalue weighted by atomic mass is 10.1. The summed E-state index contributed by atoms with van der Waals surface area (Å²) in [5.41, 5.74) is 6.64. The van der Waals surface area contributed by atoms with Gasteiger partial charge < -0.3 is 15.7 Å². The van der Waals surface area contributed by atoms with Crippen molar-refractivity contribution < 1.29 is 4.79 Å². The predicted octanol–water partition coefficient (Wildman–Crippen LogP) is 1.66. The smallest absolute Gasteiger partial charge is 0.261 e. The monoisotopic (exact) mass is 314 g/mol. The maximum absolute atomic E-state index is 12.3. The molecule has 0 aliphatic rings. The Labute approximate surface area is 130 Å². The van der Waals surface area contributed by atoms with E-state index in [-0.39, 0.29) is 16.5 Å². The molecule has 22 heavy (non-hydrogen) atoms. The van der Waals surface area contributed by atoms with E-state index in [1.807, 2.05) is 30.3 Å². The molecule has 2 aromatic heterocycles. The number of fused-ring (bicyclic) bond motifs is 1. The Balaban J connectivity index is 2.14. The summed E-state index contributed by atoms with van der Waals surface area (Å²) in [6.45, 7) is 0. The number of aromatic amines is 2. The minimum atomic E-state index is -0.640. The van der Waals surface area contributed by atoms with Gasteiger partial charge in [-0.1, -0.05) is 30.3 Å². The number of primary amides is 1. The lowest BCUT2D eigenvalue weighted by molar-refractivity contribution is 0.0999. The average molecular weight is 314 g/mol. The topological polar surface area (TPSA) is 105 Å². The van der Waals surface area contributed by atoms with Gasteiger partial charge in [-0.15, -0.1) is 11.8 Å². The highest BCUT2D eigenvalue weighted by Gasteiger charge is 2.20. The van der Waals surface area contributed by atoms with Gasteiger partial charge in [0.05, 0.1) is 16.0 Å². The van der Waals surface area contributed by atoms with Gasteiger partial charge in [0, 0.05) is 6.42 Å². The molecule has 0 spiro atoms. The van der Waals surface area contributed by atoms with Gasteiger partial charge in [0.1, 0.15) is 11.5 Å². The number of carbonyl (C=O) groups excluding carboxylic acids is 1. The molecule has 0 bridgehead atoms. The third-order valence-corrected chi connectivity index (χ3v) is 4.06. The quantitative estimate of drug-likeness (QED) is 0.637. The summed E-state index contributed by atoms with van der Waals surface area (Å²) in [5.74, 6) is -0.104. The van der Waals surface area contributed by atoms with Gasteiger partial charge in [-0.05, 0) is 11.8 Å². The van der Waals surface area contributed by atoms with Crippen LogP contribution in [0.25, 0.3) is 11.0 Å². The second-order valence-corrected chi connectivity index (χ2v) is 5.61. The largest absolute Gasteiger partial charge is 0.365 e. The Morgan fingerprint density at radius 3 is 2.64 bits per heavy atom. The molecule has 0 saturated carbocycles. The number of hydrogen-bond donors (Lipinski definition) is 3. The zero-order valence-electron chi connectivity index (χ0n) is 11.8. The van der Waals surface area contributed by atoms with Crippen LogP contribution in [-0.4, -0.2) is 27.1 Å². The number of benzene rings is 1. The van der Waals surface area contributed by atoms with Crippen LogP contribution in [0.3, 0.4) is 0 Å². The van der Waals surface area contributed by atoms with E-state index in [2.05, 4.69) is 15.0 Å². The van der Waals surface area contributed by atoms with Crippen molar-refractivity contribution in [1.29, 1.82) is 0 Å². The fraction of sp³-hybridized carbons (Fsp3) is 0.133. The number of amides is 1. The van der Waals surface area contributed by atoms with Crippen molar-refractivity contribution in [3.63, 3.8) is 0 Å². The van der Waals surface area contributed by atoms with E-state index in [1.54, 1.807) is 6.26 Å². The van der Waals surface area contributed by atoms with Crippen molar-refractivity contribution in [2.75, 3.05) is 6.26 Å². The van der Waals surface area contributed by atoms with Crippen LogP contribution in [0.2, 0.25) is 0 Å². The number of nitrogens with two attached hydrogens (primary N) is 1. The van der Waals surface area contributed by atoms with Crippen molar-refractivity contribution in [2.45, 2.75) is 11.4 Å². The molecule has 7 heteroatoms. The van der Waals surface area contributed by atoms with E-state index in [0.29, 0.717) is 22.9 Å². The van der Waals surface area contributed by atoms with Gasteiger partial charge >= 0.3 is 0 Å². The molecule has 1 aromatic carbocycles. The molecule has 0 unspecified atom stereocenters. The van der Waals surface area contributed by atoms with E-state index in [4.69, 9.17) is 5.73 Å². The number of rotatable bonds is 4. The highest BCUT2D eigenvalue weighted by molar-refractivity contribution is 7.98. The first-order valence-corrected chi connectivity index (χ1v) is 7.85. The van der Waals surface area contributed by atoms with Crippen LogP contribution in [-0.2, 0) is 6.42 Å². The zero-order chi connectivity index (χ0) is 15.7. The molecular weight excluding hydrogens is 300 g/mol. The fourth-order valence-electron chi connectivity index (χ4n) is 2.39. The summed E-state index contributed by atoms with van der Waals surface area (Å²) in [7, 11) is 0. The zero-order valence-corrected chi connectivity index (χ0v) is 12.7. The van der Waals surface area contributed by atoms with Gasteiger partial charge in [-0.2, -0.15) is 0 Å². The summed E-state index contributed by atoms with van der Waals surface area (Å²) in [4.78, 5) is 34.0. The first-order valence-electron chi connectivity index (χ1n) is 6.62. The Hall–Kier alpha value is -2.54. The van der Waals surface area contributed by atoms with Crippen molar-refractivity contribution in [3.8, 4) is 0 Å². The van der Waals surface area contributed by atoms with Crippen LogP contribution in [0.5, 0.6) is 0 Å². The van der Waals surface area contributed by atoms with Gasteiger partial charge in [0.15, 0.2) is 0 Å². The lowest BCUT2D eigenvalue weighted by Gasteiger charge is -2.01. The summed E-state index contributed by atoms with van der Waals surface area (Å²) in [5, 5.41) is 0.769. The molecule has 2 heterocycles. The van der Waals surface area contributed by atoms with E-state index in [9.17, 15) is 9.59 Å². The highest BCUT2D eigenvalue weighted by Crippen LogP contribution is 2.24. The van der Waals surface area contributed by atoms with Crippen LogP contribution in [0.4, 0.5) is 0 Å². The molecule has 0 saturated heterocycles. The van der Waals surface area contributed by atoms with Crippen LogP contribution < -0.4 is 11.3 Å². The molecule has 4 N–H and O–H groups in total. The molecule has 0 radical (unpaired) electrons. The van der Waals surface area contributed by atoms with Crippen LogP contribution in [0.1, 0.15) is 21.7 Å². The fourth-order valence-corrected chi connectivity index (χ4v) is 2.99. The number of nitrogens with zero attached hydrogens (tertiary/aromatic N) is 1. The standard InChI is InChI=1S/C15H14N4O2S/c1-22-15-10(12(16)20)11-13(19-15)17-9(18-14(11)21)7-8-5-3-2-4-6-8/h2-6H,7H2,1H3,(H2,16,20)(H2,17,18,19,21). The highest BCUT2D eigenvalue weighted by atomic mass is 32.2. The molecule has 3 rings (SSSR count). The molecule has 0 aliphatic heterocycles.